The molecule has 0 unspecified atom stereocenters. The third-order valence-corrected chi connectivity index (χ3v) is 4.87. The van der Waals surface area contributed by atoms with Gasteiger partial charge < -0.3 is 11.1 Å². The normalized spacial score (nSPS) is 21.9. The molecule has 22 heavy (non-hydrogen) atoms. The van der Waals surface area contributed by atoms with Gasteiger partial charge in [-0.2, -0.15) is 0 Å². The predicted octanol–water partition coefficient (Wildman–Crippen LogP) is 3.39. The Morgan fingerprint density at radius 1 is 1.45 bits per heavy atom. The van der Waals surface area contributed by atoms with Gasteiger partial charge in [-0.25, -0.2) is 4.39 Å². The number of benzene rings is 1. The van der Waals surface area contributed by atoms with Crippen LogP contribution in [0.2, 0.25) is 5.02 Å². The molecule has 1 amide bonds. The quantitative estimate of drug-likeness (QED) is 0.871. The SMILES string of the molecule is CC(C)(CNC(=O)C[C@@H]1CCC[C@H]1N)c1ccc(F)cc1Cl. The largest absolute Gasteiger partial charge is 0.355 e. The van der Waals surface area contributed by atoms with Crippen LogP contribution in [0.15, 0.2) is 18.2 Å². The Morgan fingerprint density at radius 2 is 2.18 bits per heavy atom. The second kappa shape index (κ2) is 6.97. The molecule has 2 rings (SSSR count). The number of amides is 1. The third-order valence-electron chi connectivity index (χ3n) is 4.55. The van der Waals surface area contributed by atoms with Gasteiger partial charge in [0.1, 0.15) is 5.82 Å². The summed E-state index contributed by atoms with van der Waals surface area (Å²) < 4.78 is 13.1. The number of nitrogens with two attached hydrogens (primary N) is 1. The first-order valence-corrected chi connectivity index (χ1v) is 8.15. The molecule has 1 aromatic rings. The van der Waals surface area contributed by atoms with Crippen molar-refractivity contribution >= 4 is 17.5 Å². The van der Waals surface area contributed by atoms with Crippen molar-refractivity contribution in [2.24, 2.45) is 11.7 Å². The van der Waals surface area contributed by atoms with Gasteiger partial charge in [-0.1, -0.05) is 37.9 Å². The summed E-state index contributed by atoms with van der Waals surface area (Å²) in [5.41, 5.74) is 6.47. The Morgan fingerprint density at radius 3 is 2.77 bits per heavy atom. The van der Waals surface area contributed by atoms with Crippen molar-refractivity contribution in [2.75, 3.05) is 6.54 Å². The summed E-state index contributed by atoms with van der Waals surface area (Å²) in [5.74, 6) is -0.0463. The molecule has 0 aliphatic heterocycles. The molecule has 0 heterocycles. The molecule has 1 saturated carbocycles. The van der Waals surface area contributed by atoms with E-state index in [2.05, 4.69) is 5.32 Å². The molecule has 5 heteroatoms. The molecule has 0 saturated heterocycles. The molecule has 1 aliphatic carbocycles. The van der Waals surface area contributed by atoms with Crippen LogP contribution in [-0.2, 0) is 10.2 Å². The molecular weight excluding hydrogens is 303 g/mol. The van der Waals surface area contributed by atoms with E-state index in [-0.39, 0.29) is 29.1 Å². The average Bonchev–Trinajstić information content (AvgIpc) is 2.82. The van der Waals surface area contributed by atoms with Crippen molar-refractivity contribution in [3.05, 3.63) is 34.6 Å². The summed E-state index contributed by atoms with van der Waals surface area (Å²) in [6.07, 6.45) is 3.63. The van der Waals surface area contributed by atoms with Crippen LogP contribution in [0.1, 0.15) is 45.1 Å². The van der Waals surface area contributed by atoms with Crippen LogP contribution in [0.3, 0.4) is 0 Å². The summed E-state index contributed by atoms with van der Waals surface area (Å²) in [4.78, 5) is 12.1. The minimum absolute atomic E-state index is 0.0219. The van der Waals surface area contributed by atoms with E-state index in [1.807, 2.05) is 13.8 Å². The summed E-state index contributed by atoms with van der Waals surface area (Å²) in [6, 6.07) is 4.52. The fraction of sp³-hybridized carbons (Fsp3) is 0.588. The summed E-state index contributed by atoms with van der Waals surface area (Å²) >= 11 is 6.12. The smallest absolute Gasteiger partial charge is 0.220 e. The number of carbonyl (C=O) groups is 1. The maximum Gasteiger partial charge on any atom is 0.220 e. The van der Waals surface area contributed by atoms with Gasteiger partial charge in [-0.15, -0.1) is 0 Å². The lowest BCUT2D eigenvalue weighted by Gasteiger charge is -2.27. The molecule has 2 atom stereocenters. The van der Waals surface area contributed by atoms with Gasteiger partial charge >= 0.3 is 0 Å². The number of carbonyl (C=O) groups excluding carboxylic acids is 1. The predicted molar refractivity (Wildman–Crippen MR) is 87.4 cm³/mol. The van der Waals surface area contributed by atoms with E-state index in [1.54, 1.807) is 6.07 Å². The number of halogens is 2. The highest BCUT2D eigenvalue weighted by atomic mass is 35.5. The van der Waals surface area contributed by atoms with E-state index in [0.29, 0.717) is 18.0 Å². The molecule has 1 aromatic carbocycles. The van der Waals surface area contributed by atoms with Crippen molar-refractivity contribution in [3.63, 3.8) is 0 Å². The lowest BCUT2D eigenvalue weighted by atomic mass is 9.84. The zero-order chi connectivity index (χ0) is 16.3. The van der Waals surface area contributed by atoms with Crippen molar-refractivity contribution in [1.82, 2.24) is 5.32 Å². The molecule has 0 spiro atoms. The van der Waals surface area contributed by atoms with Gasteiger partial charge in [-0.3, -0.25) is 4.79 Å². The van der Waals surface area contributed by atoms with Crippen LogP contribution in [0.4, 0.5) is 4.39 Å². The first-order valence-electron chi connectivity index (χ1n) is 7.77. The molecule has 0 bridgehead atoms. The highest BCUT2D eigenvalue weighted by molar-refractivity contribution is 6.31. The van der Waals surface area contributed by atoms with Crippen LogP contribution in [-0.4, -0.2) is 18.5 Å². The second-order valence-electron chi connectivity index (χ2n) is 6.84. The zero-order valence-corrected chi connectivity index (χ0v) is 13.9. The molecule has 3 nitrogen and oxygen atoms in total. The van der Waals surface area contributed by atoms with E-state index >= 15 is 0 Å². The molecule has 0 radical (unpaired) electrons. The maximum atomic E-state index is 13.1. The van der Waals surface area contributed by atoms with Gasteiger partial charge in [0, 0.05) is 29.4 Å². The maximum absolute atomic E-state index is 13.1. The van der Waals surface area contributed by atoms with E-state index < -0.39 is 0 Å². The van der Waals surface area contributed by atoms with Gasteiger partial charge in [-0.05, 0) is 36.5 Å². The van der Waals surface area contributed by atoms with Gasteiger partial charge in [0.2, 0.25) is 5.91 Å². The molecule has 1 fully saturated rings. The Hall–Kier alpha value is -1.13. The molecule has 122 valence electrons. The van der Waals surface area contributed by atoms with Crippen molar-refractivity contribution in [2.45, 2.75) is 51.0 Å². The molecular formula is C17H24ClFN2O. The van der Waals surface area contributed by atoms with Gasteiger partial charge in [0.05, 0.1) is 0 Å². The summed E-state index contributed by atoms with van der Waals surface area (Å²) in [6.45, 7) is 4.42. The Bertz CT molecular complexity index is 547. The number of hydrogen-bond donors (Lipinski definition) is 2. The van der Waals surface area contributed by atoms with Crippen LogP contribution < -0.4 is 11.1 Å². The number of nitrogens with one attached hydrogen (secondary N) is 1. The van der Waals surface area contributed by atoms with Crippen LogP contribution in [0, 0.1) is 11.7 Å². The fourth-order valence-electron chi connectivity index (χ4n) is 3.08. The highest BCUT2D eigenvalue weighted by Crippen LogP contribution is 2.30. The van der Waals surface area contributed by atoms with Crippen molar-refractivity contribution in [1.29, 1.82) is 0 Å². The van der Waals surface area contributed by atoms with E-state index in [9.17, 15) is 9.18 Å². The Kier molecular flexibility index (Phi) is 5.45. The first kappa shape index (κ1) is 17.2. The van der Waals surface area contributed by atoms with Crippen molar-refractivity contribution < 1.29 is 9.18 Å². The highest BCUT2D eigenvalue weighted by Gasteiger charge is 2.28. The Labute approximate surface area is 136 Å². The van der Waals surface area contributed by atoms with Gasteiger partial charge in [0.25, 0.3) is 0 Å². The van der Waals surface area contributed by atoms with E-state index in [4.69, 9.17) is 17.3 Å². The standard InChI is InChI=1S/C17H24ClFN2O/c1-17(2,13-7-6-12(19)9-14(13)18)10-21-16(22)8-11-4-3-5-15(11)20/h6-7,9,11,15H,3-5,8,10,20H2,1-2H3,(H,21,22)/t11-,15+/m0/s1. The molecule has 3 N–H and O–H groups in total. The Balaban J connectivity index is 1.92. The van der Waals surface area contributed by atoms with Crippen molar-refractivity contribution in [3.8, 4) is 0 Å². The average molecular weight is 327 g/mol. The lowest BCUT2D eigenvalue weighted by Crippen LogP contribution is -2.38. The lowest BCUT2D eigenvalue weighted by molar-refractivity contribution is -0.122. The summed E-state index contributed by atoms with van der Waals surface area (Å²) in [7, 11) is 0. The minimum atomic E-state index is -0.363. The van der Waals surface area contributed by atoms with Gasteiger partial charge in [0.15, 0.2) is 0 Å². The number of rotatable bonds is 5. The summed E-state index contributed by atoms with van der Waals surface area (Å²) in [5, 5.41) is 3.35. The topological polar surface area (TPSA) is 55.1 Å². The third kappa shape index (κ3) is 4.20. The first-order chi connectivity index (χ1) is 10.3. The zero-order valence-electron chi connectivity index (χ0n) is 13.2. The molecule has 1 aliphatic rings. The molecule has 0 aromatic heterocycles. The minimum Gasteiger partial charge on any atom is -0.355 e. The number of hydrogen-bond acceptors (Lipinski definition) is 2. The fourth-order valence-corrected chi connectivity index (χ4v) is 3.51. The van der Waals surface area contributed by atoms with E-state index in [1.165, 1.54) is 12.1 Å². The van der Waals surface area contributed by atoms with E-state index in [0.717, 1.165) is 24.8 Å². The van der Waals surface area contributed by atoms with Crippen LogP contribution in [0.5, 0.6) is 0 Å². The van der Waals surface area contributed by atoms with Crippen LogP contribution >= 0.6 is 11.6 Å². The van der Waals surface area contributed by atoms with Crippen LogP contribution in [0.25, 0.3) is 0 Å². The second-order valence-corrected chi connectivity index (χ2v) is 7.25. The monoisotopic (exact) mass is 326 g/mol.